The molecule has 0 fully saturated rings. The Hall–Kier alpha value is -1.88. The minimum atomic E-state index is -1.03. The summed E-state index contributed by atoms with van der Waals surface area (Å²) < 4.78 is 0. The van der Waals surface area contributed by atoms with Crippen molar-refractivity contribution in [3.8, 4) is 0 Å². The van der Waals surface area contributed by atoms with Gasteiger partial charge in [0.15, 0.2) is 0 Å². The van der Waals surface area contributed by atoms with Crippen LogP contribution in [0, 0.1) is 5.92 Å². The van der Waals surface area contributed by atoms with E-state index in [-0.39, 0.29) is 12.5 Å². The molecule has 3 N–H and O–H groups in total. The standard InChI is InChI=1S/C18H26N2O3/c1-4-12(2)18(3,23)11-19-16(21)17(22)20-15-9-8-13-6-5-7-14(13)10-15/h8-10,12,23H,4-7,11H2,1-3H3,(H,19,21)(H,20,22)/t12-,18+/m1/s1. The first kappa shape index (κ1) is 17.5. The zero-order chi connectivity index (χ0) is 17.0. The first-order valence-electron chi connectivity index (χ1n) is 8.27. The van der Waals surface area contributed by atoms with Gasteiger partial charge in [0.05, 0.1) is 5.60 Å². The summed E-state index contributed by atoms with van der Waals surface area (Å²) in [6, 6.07) is 5.76. The summed E-state index contributed by atoms with van der Waals surface area (Å²) in [6.45, 7) is 5.61. The highest BCUT2D eigenvalue weighted by Gasteiger charge is 2.28. The largest absolute Gasteiger partial charge is 0.388 e. The minimum Gasteiger partial charge on any atom is -0.388 e. The van der Waals surface area contributed by atoms with Crippen molar-refractivity contribution in [2.75, 3.05) is 11.9 Å². The van der Waals surface area contributed by atoms with Crippen molar-refractivity contribution in [1.29, 1.82) is 0 Å². The Balaban J connectivity index is 1.89. The molecule has 2 atom stereocenters. The van der Waals surface area contributed by atoms with Crippen molar-refractivity contribution in [1.82, 2.24) is 5.32 Å². The number of carbonyl (C=O) groups is 2. The van der Waals surface area contributed by atoms with Crippen LogP contribution in [0.1, 0.15) is 44.7 Å². The molecule has 0 aromatic heterocycles. The molecule has 1 aliphatic rings. The molecule has 1 aromatic carbocycles. The highest BCUT2D eigenvalue weighted by Crippen LogP contribution is 2.24. The van der Waals surface area contributed by atoms with Crippen molar-refractivity contribution in [3.63, 3.8) is 0 Å². The Morgan fingerprint density at radius 1 is 1.26 bits per heavy atom. The number of aryl methyl sites for hydroxylation is 2. The Morgan fingerprint density at radius 3 is 2.65 bits per heavy atom. The van der Waals surface area contributed by atoms with Crippen LogP contribution in [0.2, 0.25) is 0 Å². The zero-order valence-electron chi connectivity index (χ0n) is 14.1. The highest BCUT2D eigenvalue weighted by atomic mass is 16.3. The molecule has 2 amide bonds. The number of rotatable bonds is 5. The van der Waals surface area contributed by atoms with E-state index < -0.39 is 17.4 Å². The summed E-state index contributed by atoms with van der Waals surface area (Å²) in [4.78, 5) is 23.9. The third-order valence-electron chi connectivity index (χ3n) is 4.84. The van der Waals surface area contributed by atoms with Gasteiger partial charge >= 0.3 is 11.8 Å². The van der Waals surface area contributed by atoms with Crippen LogP contribution in [-0.2, 0) is 22.4 Å². The monoisotopic (exact) mass is 318 g/mol. The van der Waals surface area contributed by atoms with E-state index in [4.69, 9.17) is 0 Å². The molecule has 5 heteroatoms. The number of amides is 2. The number of nitrogens with one attached hydrogen (secondary N) is 2. The molecular weight excluding hydrogens is 292 g/mol. The summed E-state index contributed by atoms with van der Waals surface area (Å²) >= 11 is 0. The van der Waals surface area contributed by atoms with E-state index in [0.717, 1.165) is 25.7 Å². The quantitative estimate of drug-likeness (QED) is 0.727. The lowest BCUT2D eigenvalue weighted by atomic mass is 9.89. The maximum absolute atomic E-state index is 12.0. The maximum atomic E-state index is 12.0. The number of anilines is 1. The van der Waals surface area contributed by atoms with Gasteiger partial charge in [-0.25, -0.2) is 0 Å². The molecule has 0 saturated heterocycles. The Kier molecular flexibility index (Phi) is 5.42. The van der Waals surface area contributed by atoms with Crippen LogP contribution in [0.3, 0.4) is 0 Å². The maximum Gasteiger partial charge on any atom is 0.313 e. The van der Waals surface area contributed by atoms with Gasteiger partial charge in [-0.1, -0.05) is 26.3 Å². The highest BCUT2D eigenvalue weighted by molar-refractivity contribution is 6.39. The molecule has 0 aliphatic heterocycles. The van der Waals surface area contributed by atoms with Crippen LogP contribution in [0.25, 0.3) is 0 Å². The van der Waals surface area contributed by atoms with Crippen LogP contribution in [0.4, 0.5) is 5.69 Å². The summed E-state index contributed by atoms with van der Waals surface area (Å²) in [5, 5.41) is 15.4. The number of hydrogen-bond donors (Lipinski definition) is 3. The second-order valence-corrected chi connectivity index (χ2v) is 6.64. The lowest BCUT2D eigenvalue weighted by Crippen LogP contribution is -2.47. The van der Waals surface area contributed by atoms with E-state index in [1.165, 1.54) is 11.1 Å². The normalized spacial score (nSPS) is 17.0. The molecule has 0 bridgehead atoms. The molecule has 1 aliphatic carbocycles. The molecule has 23 heavy (non-hydrogen) atoms. The van der Waals surface area contributed by atoms with Crippen LogP contribution in [0.5, 0.6) is 0 Å². The van der Waals surface area contributed by atoms with Crippen molar-refractivity contribution in [2.24, 2.45) is 5.92 Å². The summed E-state index contributed by atoms with van der Waals surface area (Å²) in [5.74, 6) is -1.40. The molecular formula is C18H26N2O3. The molecule has 1 aromatic rings. The van der Waals surface area contributed by atoms with Crippen molar-refractivity contribution in [2.45, 2.75) is 52.1 Å². The number of hydrogen-bond acceptors (Lipinski definition) is 3. The molecule has 0 spiro atoms. The molecule has 0 radical (unpaired) electrons. The zero-order valence-corrected chi connectivity index (χ0v) is 14.1. The molecule has 126 valence electrons. The van der Waals surface area contributed by atoms with Gasteiger partial charge in [0.2, 0.25) is 0 Å². The SMILES string of the molecule is CC[C@@H](C)[C@@](C)(O)CNC(=O)C(=O)Nc1ccc2c(c1)CCC2. The van der Waals surface area contributed by atoms with Crippen LogP contribution < -0.4 is 10.6 Å². The number of carbonyl (C=O) groups excluding carboxylic acids is 2. The molecule has 5 nitrogen and oxygen atoms in total. The molecule has 0 unspecified atom stereocenters. The van der Waals surface area contributed by atoms with Gasteiger partial charge in [0.25, 0.3) is 0 Å². The van der Waals surface area contributed by atoms with Gasteiger partial charge in [-0.3, -0.25) is 9.59 Å². The van der Waals surface area contributed by atoms with Gasteiger partial charge in [-0.05, 0) is 55.4 Å². The van der Waals surface area contributed by atoms with Gasteiger partial charge in [0.1, 0.15) is 0 Å². The molecule has 0 saturated carbocycles. The van der Waals surface area contributed by atoms with Gasteiger partial charge < -0.3 is 15.7 Å². The fraction of sp³-hybridized carbons (Fsp3) is 0.556. The van der Waals surface area contributed by atoms with E-state index in [9.17, 15) is 14.7 Å². The lowest BCUT2D eigenvalue weighted by molar-refractivity contribution is -0.137. The van der Waals surface area contributed by atoms with Gasteiger partial charge in [0, 0.05) is 12.2 Å². The first-order valence-corrected chi connectivity index (χ1v) is 8.27. The summed E-state index contributed by atoms with van der Waals surface area (Å²) in [5.41, 5.74) is 2.16. The van der Waals surface area contributed by atoms with Gasteiger partial charge in [-0.15, -0.1) is 0 Å². The minimum absolute atomic E-state index is 0.0302. The Morgan fingerprint density at radius 2 is 1.96 bits per heavy atom. The average Bonchev–Trinajstić information content (AvgIpc) is 2.99. The van der Waals surface area contributed by atoms with Crippen molar-refractivity contribution < 1.29 is 14.7 Å². The molecule has 0 heterocycles. The predicted molar refractivity (Wildman–Crippen MR) is 90.2 cm³/mol. The summed E-state index contributed by atoms with van der Waals surface area (Å²) in [7, 11) is 0. The van der Waals surface area contributed by atoms with E-state index in [0.29, 0.717) is 5.69 Å². The second-order valence-electron chi connectivity index (χ2n) is 6.64. The number of benzene rings is 1. The predicted octanol–water partition coefficient (Wildman–Crippen LogP) is 2.03. The number of aliphatic hydroxyl groups is 1. The average molecular weight is 318 g/mol. The van der Waals surface area contributed by atoms with Crippen LogP contribution >= 0.6 is 0 Å². The third kappa shape index (κ3) is 4.32. The second kappa shape index (κ2) is 7.13. The molecule has 2 rings (SSSR count). The fourth-order valence-corrected chi connectivity index (χ4v) is 2.79. The van der Waals surface area contributed by atoms with Crippen molar-refractivity contribution in [3.05, 3.63) is 29.3 Å². The number of fused-ring (bicyclic) bond motifs is 1. The first-order chi connectivity index (χ1) is 10.8. The van der Waals surface area contributed by atoms with Crippen LogP contribution in [-0.4, -0.2) is 29.1 Å². The van der Waals surface area contributed by atoms with E-state index in [1.807, 2.05) is 32.0 Å². The van der Waals surface area contributed by atoms with Crippen molar-refractivity contribution >= 4 is 17.5 Å². The third-order valence-corrected chi connectivity index (χ3v) is 4.84. The van der Waals surface area contributed by atoms with E-state index in [1.54, 1.807) is 6.92 Å². The Bertz CT molecular complexity index is 596. The summed E-state index contributed by atoms with van der Waals surface area (Å²) in [6.07, 6.45) is 4.03. The van der Waals surface area contributed by atoms with E-state index >= 15 is 0 Å². The topological polar surface area (TPSA) is 78.4 Å². The van der Waals surface area contributed by atoms with Crippen LogP contribution in [0.15, 0.2) is 18.2 Å². The Labute approximate surface area is 137 Å². The van der Waals surface area contributed by atoms with E-state index in [2.05, 4.69) is 10.6 Å². The lowest BCUT2D eigenvalue weighted by Gasteiger charge is -2.29. The smallest absolute Gasteiger partial charge is 0.313 e. The fourth-order valence-electron chi connectivity index (χ4n) is 2.79. The van der Waals surface area contributed by atoms with Gasteiger partial charge in [-0.2, -0.15) is 0 Å².